The number of hydrogen-bond acceptors (Lipinski definition) is 3. The first kappa shape index (κ1) is 12.0. The van der Waals surface area contributed by atoms with Gasteiger partial charge in [0.25, 0.3) is 0 Å². The summed E-state index contributed by atoms with van der Waals surface area (Å²) in [6, 6.07) is 0. The van der Waals surface area contributed by atoms with Crippen molar-refractivity contribution in [3.8, 4) is 0 Å². The molecule has 1 heterocycles. The van der Waals surface area contributed by atoms with E-state index in [1.807, 2.05) is 0 Å². The maximum absolute atomic E-state index is 5.54. The molecule has 0 saturated carbocycles. The third-order valence-corrected chi connectivity index (χ3v) is 2.77. The summed E-state index contributed by atoms with van der Waals surface area (Å²) >= 11 is 0. The second kappa shape index (κ2) is 8.21. The standard InChI is InChI=1S/C11H23NO2/c1-13-8-2-9-14-10-5-11-3-6-12-7-4-11/h11-12H,2-10H2,1H3. The molecule has 0 aromatic rings. The number of nitrogens with one attached hydrogen (secondary N) is 1. The summed E-state index contributed by atoms with van der Waals surface area (Å²) in [7, 11) is 1.73. The highest BCUT2D eigenvalue weighted by Crippen LogP contribution is 2.15. The number of methoxy groups -OCH3 is 1. The van der Waals surface area contributed by atoms with Gasteiger partial charge in [-0.2, -0.15) is 0 Å². The second-order valence-corrected chi connectivity index (χ2v) is 3.94. The van der Waals surface area contributed by atoms with Gasteiger partial charge in [-0.25, -0.2) is 0 Å². The summed E-state index contributed by atoms with van der Waals surface area (Å²) in [4.78, 5) is 0. The van der Waals surface area contributed by atoms with Crippen molar-refractivity contribution in [2.24, 2.45) is 5.92 Å². The van der Waals surface area contributed by atoms with Crippen molar-refractivity contribution in [1.82, 2.24) is 5.32 Å². The predicted octanol–water partition coefficient (Wildman–Crippen LogP) is 1.43. The van der Waals surface area contributed by atoms with Crippen LogP contribution >= 0.6 is 0 Å². The first-order valence-corrected chi connectivity index (χ1v) is 5.71. The summed E-state index contributed by atoms with van der Waals surface area (Å²) in [6.45, 7) is 4.96. The summed E-state index contributed by atoms with van der Waals surface area (Å²) in [5, 5.41) is 3.38. The van der Waals surface area contributed by atoms with Gasteiger partial charge in [0.1, 0.15) is 0 Å². The Kier molecular flexibility index (Phi) is 7.01. The second-order valence-electron chi connectivity index (χ2n) is 3.94. The maximum Gasteiger partial charge on any atom is 0.0487 e. The van der Waals surface area contributed by atoms with E-state index < -0.39 is 0 Å². The highest BCUT2D eigenvalue weighted by molar-refractivity contribution is 4.67. The Hall–Kier alpha value is -0.120. The van der Waals surface area contributed by atoms with E-state index >= 15 is 0 Å². The van der Waals surface area contributed by atoms with E-state index in [9.17, 15) is 0 Å². The van der Waals surface area contributed by atoms with Crippen LogP contribution in [0.5, 0.6) is 0 Å². The molecule has 0 aromatic carbocycles. The van der Waals surface area contributed by atoms with Gasteiger partial charge in [-0.3, -0.25) is 0 Å². The molecule has 0 bridgehead atoms. The lowest BCUT2D eigenvalue weighted by Gasteiger charge is -2.22. The number of piperidine rings is 1. The molecule has 0 radical (unpaired) electrons. The van der Waals surface area contributed by atoms with Crippen molar-refractivity contribution < 1.29 is 9.47 Å². The van der Waals surface area contributed by atoms with Gasteiger partial charge in [-0.05, 0) is 44.7 Å². The molecule has 0 spiro atoms. The van der Waals surface area contributed by atoms with Crippen molar-refractivity contribution >= 4 is 0 Å². The van der Waals surface area contributed by atoms with Crippen molar-refractivity contribution in [3.05, 3.63) is 0 Å². The predicted molar refractivity (Wildman–Crippen MR) is 57.5 cm³/mol. The third kappa shape index (κ3) is 5.58. The molecular weight excluding hydrogens is 178 g/mol. The van der Waals surface area contributed by atoms with Crippen LogP contribution in [0.3, 0.4) is 0 Å². The monoisotopic (exact) mass is 201 g/mol. The minimum atomic E-state index is 0.813. The fraction of sp³-hybridized carbons (Fsp3) is 1.00. The number of rotatable bonds is 7. The van der Waals surface area contributed by atoms with E-state index in [0.29, 0.717) is 0 Å². The van der Waals surface area contributed by atoms with E-state index in [-0.39, 0.29) is 0 Å². The highest BCUT2D eigenvalue weighted by Gasteiger charge is 2.11. The van der Waals surface area contributed by atoms with Crippen LogP contribution in [0.25, 0.3) is 0 Å². The lowest BCUT2D eigenvalue weighted by Crippen LogP contribution is -2.28. The maximum atomic E-state index is 5.54. The van der Waals surface area contributed by atoms with E-state index in [2.05, 4.69) is 5.32 Å². The Morgan fingerprint density at radius 2 is 1.93 bits per heavy atom. The molecule has 14 heavy (non-hydrogen) atoms. The van der Waals surface area contributed by atoms with Gasteiger partial charge in [0.15, 0.2) is 0 Å². The van der Waals surface area contributed by atoms with E-state index in [1.54, 1.807) is 7.11 Å². The zero-order valence-corrected chi connectivity index (χ0v) is 9.26. The topological polar surface area (TPSA) is 30.5 Å². The van der Waals surface area contributed by atoms with E-state index in [1.165, 1.54) is 32.4 Å². The van der Waals surface area contributed by atoms with Gasteiger partial charge < -0.3 is 14.8 Å². The lowest BCUT2D eigenvalue weighted by molar-refractivity contribution is 0.0907. The van der Waals surface area contributed by atoms with Crippen molar-refractivity contribution in [2.75, 3.05) is 40.0 Å². The number of hydrogen-bond donors (Lipinski definition) is 1. The average molecular weight is 201 g/mol. The minimum Gasteiger partial charge on any atom is -0.385 e. The van der Waals surface area contributed by atoms with Gasteiger partial charge in [-0.1, -0.05) is 0 Å². The molecule has 0 aliphatic carbocycles. The first-order valence-electron chi connectivity index (χ1n) is 5.71. The molecule has 0 amide bonds. The van der Waals surface area contributed by atoms with Crippen molar-refractivity contribution in [1.29, 1.82) is 0 Å². The SMILES string of the molecule is COCCCOCCC1CCNCC1. The molecule has 0 aromatic heterocycles. The summed E-state index contributed by atoms with van der Waals surface area (Å²) in [5.41, 5.74) is 0. The fourth-order valence-electron chi connectivity index (χ4n) is 1.83. The van der Waals surface area contributed by atoms with Gasteiger partial charge in [0.2, 0.25) is 0 Å². The zero-order valence-electron chi connectivity index (χ0n) is 9.26. The summed E-state index contributed by atoms with van der Waals surface area (Å²) in [5.74, 6) is 0.888. The van der Waals surface area contributed by atoms with Crippen LogP contribution in [-0.2, 0) is 9.47 Å². The van der Waals surface area contributed by atoms with Crippen LogP contribution in [0.4, 0.5) is 0 Å². The van der Waals surface area contributed by atoms with Gasteiger partial charge in [0.05, 0.1) is 0 Å². The Labute approximate surface area is 87.2 Å². The molecule has 1 rings (SSSR count). The average Bonchev–Trinajstić information content (AvgIpc) is 2.25. The molecule has 1 aliphatic heterocycles. The quantitative estimate of drug-likeness (QED) is 0.632. The van der Waals surface area contributed by atoms with Crippen LogP contribution in [0, 0.1) is 5.92 Å². The molecule has 84 valence electrons. The zero-order chi connectivity index (χ0) is 10.1. The van der Waals surface area contributed by atoms with Crippen molar-refractivity contribution in [3.63, 3.8) is 0 Å². The van der Waals surface area contributed by atoms with Crippen LogP contribution in [0.15, 0.2) is 0 Å². The van der Waals surface area contributed by atoms with Crippen molar-refractivity contribution in [2.45, 2.75) is 25.7 Å². The minimum absolute atomic E-state index is 0.813. The van der Waals surface area contributed by atoms with Gasteiger partial charge in [-0.15, -0.1) is 0 Å². The Balaban J connectivity index is 1.82. The largest absolute Gasteiger partial charge is 0.385 e. The molecule has 3 nitrogen and oxygen atoms in total. The molecule has 1 saturated heterocycles. The Bertz CT molecular complexity index is 124. The van der Waals surface area contributed by atoms with Crippen LogP contribution in [0.2, 0.25) is 0 Å². The normalized spacial score (nSPS) is 18.6. The van der Waals surface area contributed by atoms with E-state index in [0.717, 1.165) is 32.2 Å². The third-order valence-electron chi connectivity index (χ3n) is 2.77. The smallest absolute Gasteiger partial charge is 0.0487 e. The molecule has 0 unspecified atom stereocenters. The first-order chi connectivity index (χ1) is 6.93. The molecule has 1 aliphatic rings. The molecule has 1 N–H and O–H groups in total. The van der Waals surface area contributed by atoms with Gasteiger partial charge >= 0.3 is 0 Å². The molecule has 1 fully saturated rings. The number of ether oxygens (including phenoxy) is 2. The molecule has 0 atom stereocenters. The Morgan fingerprint density at radius 1 is 1.14 bits per heavy atom. The van der Waals surface area contributed by atoms with Crippen LogP contribution < -0.4 is 5.32 Å². The fourth-order valence-corrected chi connectivity index (χ4v) is 1.83. The highest BCUT2D eigenvalue weighted by atomic mass is 16.5. The molecular formula is C11H23NO2. The summed E-state index contributed by atoms with van der Waals surface area (Å²) in [6.07, 6.45) is 4.89. The van der Waals surface area contributed by atoms with Crippen LogP contribution in [0.1, 0.15) is 25.7 Å². The van der Waals surface area contributed by atoms with Crippen LogP contribution in [-0.4, -0.2) is 40.0 Å². The Morgan fingerprint density at radius 3 is 2.64 bits per heavy atom. The summed E-state index contributed by atoms with van der Waals surface area (Å²) < 4.78 is 10.5. The van der Waals surface area contributed by atoms with E-state index in [4.69, 9.17) is 9.47 Å². The van der Waals surface area contributed by atoms with Gasteiger partial charge in [0, 0.05) is 26.9 Å². The molecule has 3 heteroatoms. The lowest BCUT2D eigenvalue weighted by atomic mass is 9.95.